The third-order valence-electron chi connectivity index (χ3n) is 2.42. The highest BCUT2D eigenvalue weighted by Gasteiger charge is 2.03. The average molecular weight is 317 g/mol. The number of anilines is 1. The minimum Gasteiger partial charge on any atom is -0.376 e. The van der Waals surface area contributed by atoms with Crippen molar-refractivity contribution in [1.82, 2.24) is 5.32 Å². The number of carbonyl (C=O) groups is 1. The monoisotopic (exact) mass is 316 g/mol. The molecule has 0 saturated heterocycles. The molecule has 1 rings (SSSR count). The van der Waals surface area contributed by atoms with Crippen molar-refractivity contribution >= 4 is 27.5 Å². The first kappa shape index (κ1) is 15.0. The molecule has 1 amide bonds. The lowest BCUT2D eigenvalue weighted by molar-refractivity contribution is -0.119. The summed E-state index contributed by atoms with van der Waals surface area (Å²) in [7, 11) is 0. The molecule has 0 fully saturated rings. The number of rotatable bonds is 6. The van der Waals surface area contributed by atoms with E-state index in [4.69, 9.17) is 0 Å². The van der Waals surface area contributed by atoms with Gasteiger partial charge in [-0.2, -0.15) is 0 Å². The number of hydrogen-bond donors (Lipinski definition) is 2. The lowest BCUT2D eigenvalue weighted by atomic mass is 10.1. The Hall–Kier alpha value is -1.10. The maximum atomic E-state index is 13.0. The van der Waals surface area contributed by atoms with Crippen LogP contribution in [-0.2, 0) is 4.79 Å². The number of halogens is 2. The number of hydrogen-bond acceptors (Lipinski definition) is 2. The highest BCUT2D eigenvalue weighted by atomic mass is 79.9. The zero-order valence-corrected chi connectivity index (χ0v) is 12.2. The van der Waals surface area contributed by atoms with E-state index in [-0.39, 0.29) is 18.3 Å². The van der Waals surface area contributed by atoms with Crippen molar-refractivity contribution < 1.29 is 9.18 Å². The fourth-order valence-corrected chi connectivity index (χ4v) is 1.73. The molecule has 0 spiro atoms. The molecule has 0 aliphatic carbocycles. The Balaban J connectivity index is 2.31. The second-order valence-electron chi connectivity index (χ2n) is 4.51. The van der Waals surface area contributed by atoms with E-state index in [1.165, 1.54) is 6.07 Å². The van der Waals surface area contributed by atoms with Crippen molar-refractivity contribution in [2.45, 2.75) is 20.3 Å². The summed E-state index contributed by atoms with van der Waals surface area (Å²) in [5.74, 6) is 0.198. The van der Waals surface area contributed by atoms with Gasteiger partial charge in [-0.3, -0.25) is 4.79 Å². The number of amides is 1. The Morgan fingerprint density at radius 2 is 2.17 bits per heavy atom. The van der Waals surface area contributed by atoms with Gasteiger partial charge in [0.25, 0.3) is 0 Å². The SMILES string of the molecule is CC(C)CCNC(=O)CNc1ccc(F)c(Br)c1. The molecule has 100 valence electrons. The topological polar surface area (TPSA) is 41.1 Å². The fourth-order valence-electron chi connectivity index (χ4n) is 1.35. The van der Waals surface area contributed by atoms with Crippen molar-refractivity contribution in [2.24, 2.45) is 5.92 Å². The maximum absolute atomic E-state index is 13.0. The summed E-state index contributed by atoms with van der Waals surface area (Å²) in [4.78, 5) is 11.5. The lowest BCUT2D eigenvalue weighted by Crippen LogP contribution is -2.31. The first-order chi connectivity index (χ1) is 8.49. The summed E-state index contributed by atoms with van der Waals surface area (Å²) in [5.41, 5.74) is 0.710. The minimum atomic E-state index is -0.318. The van der Waals surface area contributed by atoms with Crippen LogP contribution in [0.3, 0.4) is 0 Å². The Kier molecular flexibility index (Phi) is 6.12. The second kappa shape index (κ2) is 7.36. The molecule has 1 aromatic rings. The smallest absolute Gasteiger partial charge is 0.239 e. The van der Waals surface area contributed by atoms with Gasteiger partial charge in [0.15, 0.2) is 0 Å². The predicted molar refractivity (Wildman–Crippen MR) is 75.1 cm³/mol. The molecule has 5 heteroatoms. The van der Waals surface area contributed by atoms with E-state index in [1.807, 2.05) is 0 Å². The quantitative estimate of drug-likeness (QED) is 0.846. The van der Waals surface area contributed by atoms with E-state index < -0.39 is 0 Å². The summed E-state index contributed by atoms with van der Waals surface area (Å²) in [6.45, 7) is 5.10. The van der Waals surface area contributed by atoms with Gasteiger partial charge < -0.3 is 10.6 Å². The molecular weight excluding hydrogens is 299 g/mol. The predicted octanol–water partition coefficient (Wildman–Crippen LogP) is 3.16. The van der Waals surface area contributed by atoms with E-state index >= 15 is 0 Å². The van der Waals surface area contributed by atoms with Crippen LogP contribution in [0.25, 0.3) is 0 Å². The zero-order chi connectivity index (χ0) is 13.5. The Morgan fingerprint density at radius 1 is 1.44 bits per heavy atom. The van der Waals surface area contributed by atoms with E-state index in [0.717, 1.165) is 6.42 Å². The van der Waals surface area contributed by atoms with Crippen LogP contribution in [0.5, 0.6) is 0 Å². The molecule has 0 bridgehead atoms. The van der Waals surface area contributed by atoms with Crippen molar-refractivity contribution in [3.63, 3.8) is 0 Å². The van der Waals surface area contributed by atoms with Gasteiger partial charge in [-0.15, -0.1) is 0 Å². The first-order valence-electron chi connectivity index (χ1n) is 5.94. The van der Waals surface area contributed by atoms with Gasteiger partial charge in [-0.25, -0.2) is 4.39 Å². The Bertz CT molecular complexity index is 410. The van der Waals surface area contributed by atoms with Gasteiger partial charge in [-0.1, -0.05) is 13.8 Å². The van der Waals surface area contributed by atoms with Gasteiger partial charge in [0.2, 0.25) is 5.91 Å². The van der Waals surface area contributed by atoms with Crippen LogP contribution in [0.2, 0.25) is 0 Å². The summed E-state index contributed by atoms with van der Waals surface area (Å²) >= 11 is 3.10. The molecular formula is C13H18BrFN2O. The zero-order valence-electron chi connectivity index (χ0n) is 10.6. The summed E-state index contributed by atoms with van der Waals surface area (Å²) in [5, 5.41) is 5.76. The number of nitrogens with one attached hydrogen (secondary N) is 2. The molecule has 0 aromatic heterocycles. The fraction of sp³-hybridized carbons (Fsp3) is 0.462. The molecule has 0 aliphatic heterocycles. The maximum Gasteiger partial charge on any atom is 0.239 e. The third kappa shape index (κ3) is 5.49. The minimum absolute atomic E-state index is 0.0592. The number of benzene rings is 1. The van der Waals surface area contributed by atoms with E-state index in [1.54, 1.807) is 12.1 Å². The second-order valence-corrected chi connectivity index (χ2v) is 5.37. The van der Waals surface area contributed by atoms with Gasteiger partial charge >= 0.3 is 0 Å². The van der Waals surface area contributed by atoms with E-state index in [0.29, 0.717) is 22.6 Å². The van der Waals surface area contributed by atoms with Crippen LogP contribution >= 0.6 is 15.9 Å². The summed E-state index contributed by atoms with van der Waals surface area (Å²) < 4.78 is 13.4. The molecule has 2 N–H and O–H groups in total. The molecule has 1 aromatic carbocycles. The average Bonchev–Trinajstić information content (AvgIpc) is 2.30. The van der Waals surface area contributed by atoms with Crippen LogP contribution in [0.1, 0.15) is 20.3 Å². The van der Waals surface area contributed by atoms with Crippen molar-refractivity contribution in [3.8, 4) is 0 Å². The normalized spacial score (nSPS) is 10.5. The van der Waals surface area contributed by atoms with Crippen LogP contribution in [0.15, 0.2) is 22.7 Å². The molecule has 0 unspecified atom stereocenters. The van der Waals surface area contributed by atoms with Gasteiger partial charge in [0.1, 0.15) is 5.82 Å². The van der Waals surface area contributed by atoms with E-state index in [2.05, 4.69) is 40.4 Å². The van der Waals surface area contributed by atoms with Crippen molar-refractivity contribution in [3.05, 3.63) is 28.5 Å². The molecule has 0 atom stereocenters. The van der Waals surface area contributed by atoms with Crippen molar-refractivity contribution in [1.29, 1.82) is 0 Å². The number of carbonyl (C=O) groups excluding carboxylic acids is 1. The summed E-state index contributed by atoms with van der Waals surface area (Å²) in [6, 6.07) is 4.56. The van der Waals surface area contributed by atoms with Crippen molar-refractivity contribution in [2.75, 3.05) is 18.4 Å². The summed E-state index contributed by atoms with van der Waals surface area (Å²) in [6.07, 6.45) is 0.966. The van der Waals surface area contributed by atoms with Crippen LogP contribution < -0.4 is 10.6 Å². The van der Waals surface area contributed by atoms with Crippen LogP contribution in [0, 0.1) is 11.7 Å². The highest BCUT2D eigenvalue weighted by molar-refractivity contribution is 9.10. The highest BCUT2D eigenvalue weighted by Crippen LogP contribution is 2.19. The molecule has 3 nitrogen and oxygen atoms in total. The Morgan fingerprint density at radius 3 is 2.78 bits per heavy atom. The van der Waals surface area contributed by atoms with Crippen LogP contribution in [-0.4, -0.2) is 19.0 Å². The largest absolute Gasteiger partial charge is 0.376 e. The van der Waals surface area contributed by atoms with E-state index in [9.17, 15) is 9.18 Å². The Labute approximate surface area is 115 Å². The molecule has 0 saturated carbocycles. The molecule has 0 radical (unpaired) electrons. The standard InChI is InChI=1S/C13H18BrFN2O/c1-9(2)5-6-16-13(18)8-17-10-3-4-12(15)11(14)7-10/h3-4,7,9,17H,5-6,8H2,1-2H3,(H,16,18). The molecule has 0 heterocycles. The lowest BCUT2D eigenvalue weighted by Gasteiger charge is -2.09. The van der Waals surface area contributed by atoms with Gasteiger partial charge in [0.05, 0.1) is 11.0 Å². The van der Waals surface area contributed by atoms with Gasteiger partial charge in [-0.05, 0) is 46.5 Å². The van der Waals surface area contributed by atoms with Gasteiger partial charge in [0, 0.05) is 12.2 Å². The third-order valence-corrected chi connectivity index (χ3v) is 3.02. The van der Waals surface area contributed by atoms with Crippen LogP contribution in [0.4, 0.5) is 10.1 Å². The molecule has 0 aliphatic rings. The first-order valence-corrected chi connectivity index (χ1v) is 6.74. The molecule has 18 heavy (non-hydrogen) atoms.